The van der Waals surface area contributed by atoms with Crippen molar-refractivity contribution in [1.29, 1.82) is 0 Å². The lowest BCUT2D eigenvalue weighted by Gasteiger charge is -2.13. The van der Waals surface area contributed by atoms with Gasteiger partial charge in [-0.1, -0.05) is 34.1 Å². The highest BCUT2D eigenvalue weighted by Gasteiger charge is 2.15. The quantitative estimate of drug-likeness (QED) is 0.760. The zero-order valence-corrected chi connectivity index (χ0v) is 13.8. The van der Waals surface area contributed by atoms with Crippen LogP contribution in [0.5, 0.6) is 0 Å². The summed E-state index contributed by atoms with van der Waals surface area (Å²) in [6, 6.07) is 14.9. The highest BCUT2D eigenvalue weighted by molar-refractivity contribution is 9.10. The molecule has 0 bridgehead atoms. The fourth-order valence-corrected chi connectivity index (χ4v) is 2.98. The van der Waals surface area contributed by atoms with Gasteiger partial charge in [0.05, 0.1) is 11.0 Å². The third-order valence-electron chi connectivity index (χ3n) is 3.59. The van der Waals surface area contributed by atoms with Gasteiger partial charge in [-0.25, -0.2) is 4.98 Å². The molecule has 0 spiro atoms. The van der Waals surface area contributed by atoms with Crippen molar-refractivity contribution in [2.75, 3.05) is 0 Å². The smallest absolute Gasteiger partial charge is 0.141 e. The largest absolute Gasteiger partial charge is 0.326 e. The zero-order valence-electron chi connectivity index (χ0n) is 12.2. The molecule has 108 valence electrons. The molecule has 21 heavy (non-hydrogen) atoms. The average Bonchev–Trinajstić information content (AvgIpc) is 2.85. The van der Waals surface area contributed by atoms with E-state index in [1.807, 2.05) is 12.1 Å². The predicted octanol–water partition coefficient (Wildman–Crippen LogP) is 4.51. The first-order valence-corrected chi connectivity index (χ1v) is 7.86. The van der Waals surface area contributed by atoms with Gasteiger partial charge in [0.1, 0.15) is 5.82 Å². The Morgan fingerprint density at radius 2 is 2.00 bits per heavy atom. The molecule has 0 saturated carbocycles. The van der Waals surface area contributed by atoms with Gasteiger partial charge in [-0.15, -0.1) is 0 Å². The van der Waals surface area contributed by atoms with Crippen LogP contribution in [0.3, 0.4) is 0 Å². The number of benzene rings is 2. The Balaban J connectivity index is 2.27. The standard InChI is InChI=1S/C17H18BrN3/c1-11(2)21-16-7-6-14(18)9-15(16)20-17(21)13-5-3-4-12(8-13)10-19/h3-9,11H,10,19H2,1-2H3. The fraction of sp³-hybridized carbons (Fsp3) is 0.235. The molecule has 3 nitrogen and oxygen atoms in total. The molecule has 3 rings (SSSR count). The summed E-state index contributed by atoms with van der Waals surface area (Å²) < 4.78 is 3.32. The Labute approximate surface area is 132 Å². The van der Waals surface area contributed by atoms with E-state index in [1.165, 1.54) is 0 Å². The molecule has 0 unspecified atom stereocenters. The second kappa shape index (κ2) is 5.62. The molecule has 0 radical (unpaired) electrons. The van der Waals surface area contributed by atoms with Crippen LogP contribution in [0.25, 0.3) is 22.4 Å². The molecular formula is C17H18BrN3. The Kier molecular flexibility index (Phi) is 3.83. The van der Waals surface area contributed by atoms with Crippen LogP contribution >= 0.6 is 15.9 Å². The van der Waals surface area contributed by atoms with Crippen molar-refractivity contribution in [3.05, 3.63) is 52.5 Å². The number of imidazole rings is 1. The van der Waals surface area contributed by atoms with E-state index < -0.39 is 0 Å². The third kappa shape index (κ3) is 2.61. The van der Waals surface area contributed by atoms with Gasteiger partial charge in [0, 0.05) is 22.6 Å². The molecule has 0 atom stereocenters. The van der Waals surface area contributed by atoms with Crippen LogP contribution < -0.4 is 5.73 Å². The molecule has 4 heteroatoms. The summed E-state index contributed by atoms with van der Waals surface area (Å²) >= 11 is 3.52. The minimum Gasteiger partial charge on any atom is -0.326 e. The molecule has 1 heterocycles. The van der Waals surface area contributed by atoms with Gasteiger partial charge in [-0.3, -0.25) is 0 Å². The van der Waals surface area contributed by atoms with E-state index in [0.29, 0.717) is 12.6 Å². The molecule has 0 saturated heterocycles. The molecule has 0 amide bonds. The minimum absolute atomic E-state index is 0.340. The fourth-order valence-electron chi connectivity index (χ4n) is 2.64. The monoisotopic (exact) mass is 343 g/mol. The molecule has 0 fully saturated rings. The SMILES string of the molecule is CC(C)n1c(-c2cccc(CN)c2)nc2cc(Br)ccc21. The van der Waals surface area contributed by atoms with Gasteiger partial charge in [0.25, 0.3) is 0 Å². The Bertz CT molecular complexity index is 790. The first-order chi connectivity index (χ1) is 10.1. The van der Waals surface area contributed by atoms with Crippen molar-refractivity contribution in [2.24, 2.45) is 5.73 Å². The maximum Gasteiger partial charge on any atom is 0.141 e. The van der Waals surface area contributed by atoms with E-state index in [1.54, 1.807) is 0 Å². The summed E-state index contributed by atoms with van der Waals surface area (Å²) in [6.07, 6.45) is 0. The van der Waals surface area contributed by atoms with Gasteiger partial charge in [-0.05, 0) is 43.7 Å². The molecule has 0 aliphatic rings. The predicted molar refractivity (Wildman–Crippen MR) is 91.1 cm³/mol. The molecule has 1 aromatic heterocycles. The van der Waals surface area contributed by atoms with Crippen LogP contribution in [0, 0.1) is 0 Å². The number of hydrogen-bond donors (Lipinski definition) is 1. The number of aromatic nitrogens is 2. The molecule has 3 aromatic rings. The maximum atomic E-state index is 5.76. The average molecular weight is 344 g/mol. The van der Waals surface area contributed by atoms with Gasteiger partial charge in [0.2, 0.25) is 0 Å². The zero-order chi connectivity index (χ0) is 15.0. The van der Waals surface area contributed by atoms with E-state index in [0.717, 1.165) is 32.5 Å². The van der Waals surface area contributed by atoms with Crippen LogP contribution in [0.4, 0.5) is 0 Å². The summed E-state index contributed by atoms with van der Waals surface area (Å²) in [4.78, 5) is 4.83. The summed E-state index contributed by atoms with van der Waals surface area (Å²) in [5.74, 6) is 0.994. The molecule has 0 aliphatic heterocycles. The third-order valence-corrected chi connectivity index (χ3v) is 4.08. The molecular weight excluding hydrogens is 326 g/mol. The lowest BCUT2D eigenvalue weighted by molar-refractivity contribution is 0.624. The summed E-state index contributed by atoms with van der Waals surface area (Å²) in [6.45, 7) is 4.90. The van der Waals surface area contributed by atoms with Crippen LogP contribution in [0.1, 0.15) is 25.5 Å². The van der Waals surface area contributed by atoms with Crippen molar-refractivity contribution in [3.8, 4) is 11.4 Å². The van der Waals surface area contributed by atoms with Gasteiger partial charge < -0.3 is 10.3 Å². The lowest BCUT2D eigenvalue weighted by atomic mass is 10.1. The van der Waals surface area contributed by atoms with E-state index in [-0.39, 0.29) is 0 Å². The van der Waals surface area contributed by atoms with E-state index >= 15 is 0 Å². The number of nitrogens with two attached hydrogens (primary N) is 1. The van der Waals surface area contributed by atoms with Gasteiger partial charge in [-0.2, -0.15) is 0 Å². The van der Waals surface area contributed by atoms with Crippen LogP contribution in [-0.2, 0) is 6.54 Å². The maximum absolute atomic E-state index is 5.76. The number of nitrogens with zero attached hydrogens (tertiary/aromatic N) is 2. The lowest BCUT2D eigenvalue weighted by Crippen LogP contribution is -2.03. The first-order valence-electron chi connectivity index (χ1n) is 7.07. The van der Waals surface area contributed by atoms with Gasteiger partial charge in [0.15, 0.2) is 0 Å². The molecule has 2 aromatic carbocycles. The summed E-state index contributed by atoms with van der Waals surface area (Å²) in [5, 5.41) is 0. The van der Waals surface area contributed by atoms with Crippen LogP contribution in [-0.4, -0.2) is 9.55 Å². The topological polar surface area (TPSA) is 43.8 Å². The highest BCUT2D eigenvalue weighted by Crippen LogP contribution is 2.30. The Hall–Kier alpha value is -1.65. The Morgan fingerprint density at radius 3 is 2.71 bits per heavy atom. The summed E-state index contributed by atoms with van der Waals surface area (Å²) in [5.41, 5.74) is 10.1. The van der Waals surface area contributed by atoms with Crippen LogP contribution in [0.15, 0.2) is 46.9 Å². The number of rotatable bonds is 3. The van der Waals surface area contributed by atoms with Crippen LogP contribution in [0.2, 0.25) is 0 Å². The van der Waals surface area contributed by atoms with Crippen molar-refractivity contribution in [3.63, 3.8) is 0 Å². The normalized spacial score (nSPS) is 11.5. The second-order valence-electron chi connectivity index (χ2n) is 5.44. The number of hydrogen-bond acceptors (Lipinski definition) is 2. The van der Waals surface area contributed by atoms with E-state index in [2.05, 4.69) is 64.7 Å². The van der Waals surface area contributed by atoms with Crippen molar-refractivity contribution in [2.45, 2.75) is 26.4 Å². The highest BCUT2D eigenvalue weighted by atomic mass is 79.9. The molecule has 0 aliphatic carbocycles. The van der Waals surface area contributed by atoms with Crippen molar-refractivity contribution >= 4 is 27.0 Å². The van der Waals surface area contributed by atoms with E-state index in [9.17, 15) is 0 Å². The number of fused-ring (bicyclic) bond motifs is 1. The minimum atomic E-state index is 0.340. The summed E-state index contributed by atoms with van der Waals surface area (Å²) in [7, 11) is 0. The molecule has 2 N–H and O–H groups in total. The van der Waals surface area contributed by atoms with E-state index in [4.69, 9.17) is 10.7 Å². The van der Waals surface area contributed by atoms with Crippen molar-refractivity contribution < 1.29 is 0 Å². The Morgan fingerprint density at radius 1 is 1.19 bits per heavy atom. The first kappa shape index (κ1) is 14.3. The second-order valence-corrected chi connectivity index (χ2v) is 6.35. The number of halogens is 1. The van der Waals surface area contributed by atoms with Crippen molar-refractivity contribution in [1.82, 2.24) is 9.55 Å². The van der Waals surface area contributed by atoms with Gasteiger partial charge >= 0.3 is 0 Å².